The van der Waals surface area contributed by atoms with Crippen molar-refractivity contribution < 1.29 is 13.2 Å². The topological polar surface area (TPSA) is 76.1 Å². The molecule has 0 fully saturated rings. The smallest absolute Gasteiger partial charge is 0.261 e. The average Bonchev–Trinajstić information content (AvgIpc) is 2.66. The molecule has 0 aliphatic rings. The molecule has 0 bridgehead atoms. The van der Waals surface area contributed by atoms with Crippen LogP contribution in [-0.2, 0) is 15.4 Å². The van der Waals surface area contributed by atoms with Gasteiger partial charge in [0.05, 0.1) is 15.6 Å². The van der Waals surface area contributed by atoms with Gasteiger partial charge in [-0.2, -0.15) is 0 Å². The average molecular weight is 445 g/mol. The number of rotatable bonds is 7. The lowest BCUT2D eigenvalue weighted by molar-refractivity contribution is 0.103. The van der Waals surface area contributed by atoms with Crippen LogP contribution >= 0.6 is 11.6 Å². The molecule has 0 radical (unpaired) electrons. The lowest BCUT2D eigenvalue weighted by atomic mass is 9.87. The molecule has 7 heteroatoms. The number of hydrogen-bond donors (Lipinski definition) is 1. The van der Waals surface area contributed by atoms with E-state index in [-0.39, 0.29) is 26.7 Å². The van der Waals surface area contributed by atoms with Crippen LogP contribution in [0.1, 0.15) is 43.7 Å². The second-order valence-electron chi connectivity index (χ2n) is 7.62. The Labute approximate surface area is 183 Å². The van der Waals surface area contributed by atoms with Crippen LogP contribution in [0.4, 0.5) is 5.69 Å². The number of pyridine rings is 1. The fourth-order valence-corrected chi connectivity index (χ4v) is 3.90. The van der Waals surface area contributed by atoms with Gasteiger partial charge < -0.3 is 0 Å². The number of halogens is 1. The van der Waals surface area contributed by atoms with Crippen LogP contribution in [-0.4, -0.2) is 19.2 Å². The molecule has 0 saturated heterocycles. The van der Waals surface area contributed by atoms with E-state index in [0.717, 1.165) is 5.56 Å². The zero-order valence-electron chi connectivity index (χ0n) is 17.4. The molecule has 0 saturated carbocycles. The van der Waals surface area contributed by atoms with Crippen molar-refractivity contribution in [3.63, 3.8) is 0 Å². The number of carbonyl (C=O) groups excluding carboxylic acids is 1. The van der Waals surface area contributed by atoms with E-state index in [0.29, 0.717) is 5.57 Å². The quantitative estimate of drug-likeness (QED) is 0.337. The highest BCUT2D eigenvalue weighted by molar-refractivity contribution is 7.92. The number of nitrogens with zero attached hydrogens (tertiary/aromatic N) is 1. The van der Waals surface area contributed by atoms with Crippen molar-refractivity contribution >= 4 is 33.1 Å². The third-order valence-corrected chi connectivity index (χ3v) is 5.84. The SMILES string of the molecule is C=C/C=C(\C=C/C)C(=O)c1ncc(Cl)cc1NS(=O)(=O)c1ccc(C(C)(C)C)cc1. The lowest BCUT2D eigenvalue weighted by Gasteiger charge is -2.19. The lowest BCUT2D eigenvalue weighted by Crippen LogP contribution is -2.18. The number of Topliss-reactive ketones (excluding diaryl/α,β-unsaturated/α-hetero) is 1. The first-order valence-electron chi connectivity index (χ1n) is 9.28. The van der Waals surface area contributed by atoms with Crippen LogP contribution in [0.15, 0.2) is 77.9 Å². The highest BCUT2D eigenvalue weighted by atomic mass is 35.5. The molecule has 1 heterocycles. The van der Waals surface area contributed by atoms with E-state index >= 15 is 0 Å². The number of carbonyl (C=O) groups is 1. The van der Waals surface area contributed by atoms with E-state index in [1.54, 1.807) is 31.2 Å². The van der Waals surface area contributed by atoms with Crippen LogP contribution < -0.4 is 4.72 Å². The molecule has 1 N–H and O–H groups in total. The van der Waals surface area contributed by atoms with Gasteiger partial charge in [0, 0.05) is 11.8 Å². The predicted molar refractivity (Wildman–Crippen MR) is 123 cm³/mol. The number of ketones is 1. The molecule has 158 valence electrons. The van der Waals surface area contributed by atoms with Crippen molar-refractivity contribution in [2.24, 2.45) is 0 Å². The van der Waals surface area contributed by atoms with Crippen LogP contribution in [0.25, 0.3) is 0 Å². The van der Waals surface area contributed by atoms with Gasteiger partial charge in [-0.05, 0) is 36.1 Å². The molecule has 0 aliphatic carbocycles. The number of benzene rings is 1. The summed E-state index contributed by atoms with van der Waals surface area (Å²) >= 11 is 6.02. The summed E-state index contributed by atoms with van der Waals surface area (Å²) in [7, 11) is -3.96. The Bertz CT molecular complexity index is 1110. The van der Waals surface area contributed by atoms with E-state index in [9.17, 15) is 13.2 Å². The van der Waals surface area contributed by atoms with Crippen molar-refractivity contribution in [1.29, 1.82) is 0 Å². The summed E-state index contributed by atoms with van der Waals surface area (Å²) in [5.41, 5.74) is 1.17. The number of hydrogen-bond acceptors (Lipinski definition) is 4. The molecule has 2 rings (SSSR count). The predicted octanol–water partition coefficient (Wildman–Crippen LogP) is 5.70. The Kier molecular flexibility index (Phi) is 7.39. The monoisotopic (exact) mass is 444 g/mol. The maximum atomic E-state index is 12.9. The normalized spacial score (nSPS) is 12.8. The Morgan fingerprint density at radius 3 is 2.37 bits per heavy atom. The summed E-state index contributed by atoms with van der Waals surface area (Å²) in [6, 6.07) is 7.97. The van der Waals surface area contributed by atoms with Gasteiger partial charge in [0.1, 0.15) is 5.69 Å². The minimum Gasteiger partial charge on any atom is -0.287 e. The number of allylic oxidation sites excluding steroid dienone is 5. The van der Waals surface area contributed by atoms with Crippen molar-refractivity contribution in [1.82, 2.24) is 4.98 Å². The van der Waals surface area contributed by atoms with Crippen molar-refractivity contribution in [3.05, 3.63) is 89.3 Å². The zero-order chi connectivity index (χ0) is 22.5. The minimum absolute atomic E-state index is 0.00635. The van der Waals surface area contributed by atoms with Crippen LogP contribution in [0.5, 0.6) is 0 Å². The van der Waals surface area contributed by atoms with Crippen molar-refractivity contribution in [2.45, 2.75) is 38.0 Å². The van der Waals surface area contributed by atoms with Gasteiger partial charge in [0.15, 0.2) is 0 Å². The molecular formula is C23H25ClN2O3S. The maximum Gasteiger partial charge on any atom is 0.261 e. The Balaban J connectivity index is 2.47. The highest BCUT2D eigenvalue weighted by Crippen LogP contribution is 2.27. The van der Waals surface area contributed by atoms with Gasteiger partial charge in [-0.1, -0.05) is 75.4 Å². The summed E-state index contributed by atoms with van der Waals surface area (Å²) < 4.78 is 28.3. The van der Waals surface area contributed by atoms with Gasteiger partial charge in [-0.15, -0.1) is 0 Å². The molecule has 5 nitrogen and oxygen atoms in total. The summed E-state index contributed by atoms with van der Waals surface area (Å²) in [5, 5.41) is 0.201. The van der Waals surface area contributed by atoms with E-state index < -0.39 is 15.8 Å². The van der Waals surface area contributed by atoms with Crippen molar-refractivity contribution in [2.75, 3.05) is 4.72 Å². The molecule has 1 aromatic carbocycles. The third-order valence-electron chi connectivity index (χ3n) is 4.25. The van der Waals surface area contributed by atoms with E-state index in [1.807, 2.05) is 20.8 Å². The molecular weight excluding hydrogens is 420 g/mol. The molecule has 1 aromatic heterocycles. The van der Waals surface area contributed by atoms with Gasteiger partial charge >= 0.3 is 0 Å². The number of aromatic nitrogens is 1. The number of anilines is 1. The minimum atomic E-state index is -3.96. The van der Waals surface area contributed by atoms with Crippen molar-refractivity contribution in [3.8, 4) is 0 Å². The molecule has 0 unspecified atom stereocenters. The standard InChI is InChI=1S/C23H25ClN2O3S/c1-6-8-16(9-7-2)22(27)21-20(14-18(24)15-25-21)26-30(28,29)19-12-10-17(11-13-19)23(3,4)5/h6-15,26H,1H2,2-5H3/b9-7-,16-8+. The molecule has 0 atom stereocenters. The van der Waals surface area contributed by atoms with Gasteiger partial charge in [-0.25, -0.2) is 13.4 Å². The Morgan fingerprint density at radius 1 is 1.20 bits per heavy atom. The second kappa shape index (κ2) is 9.41. The first-order valence-corrected chi connectivity index (χ1v) is 11.1. The van der Waals surface area contributed by atoms with E-state index in [4.69, 9.17) is 11.6 Å². The fourth-order valence-electron chi connectivity index (χ4n) is 2.69. The largest absolute Gasteiger partial charge is 0.287 e. The molecule has 30 heavy (non-hydrogen) atoms. The van der Waals surface area contributed by atoms with Crippen LogP contribution in [0, 0.1) is 0 Å². The molecule has 2 aromatic rings. The van der Waals surface area contributed by atoms with Gasteiger partial charge in [-0.3, -0.25) is 9.52 Å². The van der Waals surface area contributed by atoms with E-state index in [2.05, 4.69) is 16.3 Å². The first-order chi connectivity index (χ1) is 14.0. The summed E-state index contributed by atoms with van der Waals surface area (Å²) in [5.74, 6) is -0.453. The summed E-state index contributed by atoms with van der Waals surface area (Å²) in [6.07, 6.45) is 7.60. The third kappa shape index (κ3) is 5.68. The summed E-state index contributed by atoms with van der Waals surface area (Å²) in [6.45, 7) is 11.5. The second-order valence-corrected chi connectivity index (χ2v) is 9.74. The number of sulfonamides is 1. The fraction of sp³-hybridized carbons (Fsp3) is 0.217. The van der Waals surface area contributed by atoms with Crippen LogP contribution in [0.3, 0.4) is 0 Å². The highest BCUT2D eigenvalue weighted by Gasteiger charge is 2.22. The number of nitrogens with one attached hydrogen (secondary N) is 1. The first kappa shape index (κ1) is 23.6. The Morgan fingerprint density at radius 2 is 1.83 bits per heavy atom. The molecule has 0 spiro atoms. The van der Waals surface area contributed by atoms with E-state index in [1.165, 1.54) is 36.5 Å². The van der Waals surface area contributed by atoms with Gasteiger partial charge in [0.25, 0.3) is 10.0 Å². The maximum absolute atomic E-state index is 12.9. The van der Waals surface area contributed by atoms with Gasteiger partial charge in [0.2, 0.25) is 5.78 Å². The van der Waals surface area contributed by atoms with Crippen LogP contribution in [0.2, 0.25) is 5.02 Å². The Hall–Kier alpha value is -2.70. The summed E-state index contributed by atoms with van der Waals surface area (Å²) in [4.78, 5) is 17.1. The molecule has 0 aliphatic heterocycles. The zero-order valence-corrected chi connectivity index (χ0v) is 19.0. The molecule has 0 amide bonds.